The smallest absolute Gasteiger partial charge is 0.191 e. The number of hydrogen-bond donors (Lipinski definition) is 2. The van der Waals surface area contributed by atoms with E-state index in [1.54, 1.807) is 7.11 Å². The molecule has 0 fully saturated rings. The van der Waals surface area contributed by atoms with Gasteiger partial charge in [-0.05, 0) is 43.7 Å². The summed E-state index contributed by atoms with van der Waals surface area (Å²) in [6.45, 7) is 6.48. The van der Waals surface area contributed by atoms with Crippen LogP contribution in [0.25, 0.3) is 5.69 Å². The zero-order chi connectivity index (χ0) is 16.5. The molecule has 1 aromatic carbocycles. The maximum absolute atomic E-state index is 5.17. The molecule has 0 aliphatic rings. The van der Waals surface area contributed by atoms with E-state index in [1.165, 1.54) is 0 Å². The third kappa shape index (κ3) is 6.03. The lowest BCUT2D eigenvalue weighted by atomic mass is 10.3. The van der Waals surface area contributed by atoms with Crippen molar-refractivity contribution in [3.05, 3.63) is 42.2 Å². The molecule has 0 aliphatic carbocycles. The molecule has 0 saturated heterocycles. The van der Waals surface area contributed by atoms with Gasteiger partial charge in [-0.15, -0.1) is 24.0 Å². The van der Waals surface area contributed by atoms with Crippen molar-refractivity contribution < 1.29 is 4.74 Å². The van der Waals surface area contributed by atoms with E-state index in [1.807, 2.05) is 41.2 Å². The molecule has 2 N–H and O–H groups in total. The molecular weight excluding hydrogens is 417 g/mol. The molecule has 6 nitrogen and oxygen atoms in total. The van der Waals surface area contributed by atoms with Crippen LogP contribution >= 0.6 is 24.0 Å². The van der Waals surface area contributed by atoms with E-state index >= 15 is 0 Å². The SMILES string of the molecule is CCCNC(=NCc1ccn(-c2ccc(OC)cc2)n1)NCC.I. The molecule has 2 rings (SSSR count). The quantitative estimate of drug-likeness (QED) is 0.393. The molecule has 24 heavy (non-hydrogen) atoms. The van der Waals surface area contributed by atoms with Crippen LogP contribution in [0.15, 0.2) is 41.5 Å². The zero-order valence-corrected chi connectivity index (χ0v) is 16.8. The fraction of sp³-hybridized carbons (Fsp3) is 0.412. The summed E-state index contributed by atoms with van der Waals surface area (Å²) in [6.07, 6.45) is 3.01. The Bertz CT molecular complexity index is 624. The van der Waals surface area contributed by atoms with Crippen molar-refractivity contribution in [3.8, 4) is 11.4 Å². The fourth-order valence-electron chi connectivity index (χ4n) is 2.07. The largest absolute Gasteiger partial charge is 0.497 e. The average Bonchev–Trinajstić information content (AvgIpc) is 3.06. The van der Waals surface area contributed by atoms with Gasteiger partial charge in [0.2, 0.25) is 0 Å². The molecule has 0 bridgehead atoms. The summed E-state index contributed by atoms with van der Waals surface area (Å²) < 4.78 is 7.01. The van der Waals surface area contributed by atoms with Crippen molar-refractivity contribution >= 4 is 29.9 Å². The third-order valence-electron chi connectivity index (χ3n) is 3.27. The molecule has 0 atom stereocenters. The number of ether oxygens (including phenoxy) is 1. The predicted molar refractivity (Wildman–Crippen MR) is 109 cm³/mol. The lowest BCUT2D eigenvalue weighted by Gasteiger charge is -2.09. The molecule has 1 heterocycles. The highest BCUT2D eigenvalue weighted by atomic mass is 127. The minimum absolute atomic E-state index is 0. The van der Waals surface area contributed by atoms with Gasteiger partial charge in [0, 0.05) is 19.3 Å². The van der Waals surface area contributed by atoms with Crippen LogP contribution in [0.3, 0.4) is 0 Å². The minimum atomic E-state index is 0. The van der Waals surface area contributed by atoms with Crippen LogP contribution in [0.2, 0.25) is 0 Å². The fourth-order valence-corrected chi connectivity index (χ4v) is 2.07. The van der Waals surface area contributed by atoms with Gasteiger partial charge in [-0.1, -0.05) is 6.92 Å². The second kappa shape index (κ2) is 10.9. The van der Waals surface area contributed by atoms with Crippen LogP contribution in [0.5, 0.6) is 5.75 Å². The van der Waals surface area contributed by atoms with Crippen molar-refractivity contribution in [2.75, 3.05) is 20.2 Å². The molecule has 0 amide bonds. The van der Waals surface area contributed by atoms with E-state index < -0.39 is 0 Å². The number of benzene rings is 1. The van der Waals surface area contributed by atoms with Crippen LogP contribution in [-0.2, 0) is 6.54 Å². The second-order valence-electron chi connectivity index (χ2n) is 5.07. The summed E-state index contributed by atoms with van der Waals surface area (Å²) in [4.78, 5) is 4.55. The number of hydrogen-bond acceptors (Lipinski definition) is 3. The van der Waals surface area contributed by atoms with Gasteiger partial charge in [-0.25, -0.2) is 9.67 Å². The maximum Gasteiger partial charge on any atom is 0.191 e. The molecule has 0 unspecified atom stereocenters. The number of rotatable bonds is 7. The van der Waals surface area contributed by atoms with Gasteiger partial charge < -0.3 is 15.4 Å². The van der Waals surface area contributed by atoms with Gasteiger partial charge in [0.15, 0.2) is 5.96 Å². The summed E-state index contributed by atoms with van der Waals surface area (Å²) in [5.41, 5.74) is 1.92. The third-order valence-corrected chi connectivity index (χ3v) is 3.27. The number of methoxy groups -OCH3 is 1. The van der Waals surface area contributed by atoms with Crippen molar-refractivity contribution in [1.29, 1.82) is 0 Å². The average molecular weight is 443 g/mol. The Balaban J connectivity index is 0.00000288. The first-order valence-corrected chi connectivity index (χ1v) is 7.98. The maximum atomic E-state index is 5.17. The van der Waals surface area contributed by atoms with Gasteiger partial charge in [-0.3, -0.25) is 0 Å². The molecule has 2 aromatic rings. The van der Waals surface area contributed by atoms with Gasteiger partial charge in [-0.2, -0.15) is 5.10 Å². The normalized spacial score (nSPS) is 10.9. The monoisotopic (exact) mass is 443 g/mol. The van der Waals surface area contributed by atoms with Crippen molar-refractivity contribution in [3.63, 3.8) is 0 Å². The van der Waals surface area contributed by atoms with Gasteiger partial charge in [0.05, 0.1) is 25.0 Å². The first kappa shape index (κ1) is 20.3. The molecule has 0 spiro atoms. The van der Waals surface area contributed by atoms with Gasteiger partial charge in [0.25, 0.3) is 0 Å². The number of aromatic nitrogens is 2. The van der Waals surface area contributed by atoms with E-state index in [0.717, 1.165) is 42.6 Å². The van der Waals surface area contributed by atoms with Crippen molar-refractivity contribution in [2.45, 2.75) is 26.8 Å². The second-order valence-corrected chi connectivity index (χ2v) is 5.07. The van der Waals surface area contributed by atoms with Crippen LogP contribution in [0, 0.1) is 0 Å². The number of aliphatic imine (C=N–C) groups is 1. The number of nitrogens with zero attached hydrogens (tertiary/aromatic N) is 3. The standard InChI is InChI=1S/C17H25N5O.HI/c1-4-11-19-17(18-5-2)20-13-14-10-12-22(21-14)15-6-8-16(23-3)9-7-15;/h6-10,12H,4-5,11,13H2,1-3H3,(H2,18,19,20);1H. The summed E-state index contributed by atoms with van der Waals surface area (Å²) >= 11 is 0. The van der Waals surface area contributed by atoms with Crippen molar-refractivity contribution in [1.82, 2.24) is 20.4 Å². The van der Waals surface area contributed by atoms with E-state index in [2.05, 4.69) is 34.6 Å². The first-order chi connectivity index (χ1) is 11.3. The Kier molecular flexibility index (Phi) is 9.21. The Morgan fingerprint density at radius 1 is 1.17 bits per heavy atom. The Morgan fingerprint density at radius 2 is 1.92 bits per heavy atom. The topological polar surface area (TPSA) is 63.5 Å². The first-order valence-electron chi connectivity index (χ1n) is 7.98. The van der Waals surface area contributed by atoms with E-state index in [9.17, 15) is 0 Å². The van der Waals surface area contributed by atoms with E-state index in [4.69, 9.17) is 4.74 Å². The summed E-state index contributed by atoms with van der Waals surface area (Å²) in [5, 5.41) is 11.1. The Morgan fingerprint density at radius 3 is 2.54 bits per heavy atom. The van der Waals surface area contributed by atoms with Crippen LogP contribution < -0.4 is 15.4 Å². The Labute approximate surface area is 160 Å². The molecule has 0 radical (unpaired) electrons. The van der Waals surface area contributed by atoms with Gasteiger partial charge >= 0.3 is 0 Å². The lowest BCUT2D eigenvalue weighted by Crippen LogP contribution is -2.37. The molecular formula is C17H26IN5O. The highest BCUT2D eigenvalue weighted by Crippen LogP contribution is 2.14. The minimum Gasteiger partial charge on any atom is -0.497 e. The lowest BCUT2D eigenvalue weighted by molar-refractivity contribution is 0.414. The summed E-state index contributed by atoms with van der Waals surface area (Å²) in [6, 6.07) is 9.79. The number of guanidine groups is 1. The van der Waals surface area contributed by atoms with Crippen LogP contribution in [0.1, 0.15) is 26.0 Å². The van der Waals surface area contributed by atoms with E-state index in [0.29, 0.717) is 6.54 Å². The van der Waals surface area contributed by atoms with Crippen molar-refractivity contribution in [2.24, 2.45) is 4.99 Å². The van der Waals surface area contributed by atoms with Crippen LogP contribution in [-0.4, -0.2) is 35.9 Å². The predicted octanol–water partition coefficient (Wildman–Crippen LogP) is 2.96. The Hall–Kier alpha value is -1.77. The van der Waals surface area contributed by atoms with Gasteiger partial charge in [0.1, 0.15) is 5.75 Å². The number of nitrogens with one attached hydrogen (secondary N) is 2. The summed E-state index contributed by atoms with van der Waals surface area (Å²) in [5.74, 6) is 1.66. The molecule has 7 heteroatoms. The molecule has 0 aliphatic heterocycles. The highest BCUT2D eigenvalue weighted by Gasteiger charge is 2.02. The summed E-state index contributed by atoms with van der Waals surface area (Å²) in [7, 11) is 1.66. The zero-order valence-electron chi connectivity index (χ0n) is 14.5. The van der Waals surface area contributed by atoms with Crippen LogP contribution in [0.4, 0.5) is 0 Å². The molecule has 132 valence electrons. The van der Waals surface area contributed by atoms with E-state index in [-0.39, 0.29) is 24.0 Å². The number of halogens is 1. The highest BCUT2D eigenvalue weighted by molar-refractivity contribution is 14.0. The molecule has 1 aromatic heterocycles. The molecule has 0 saturated carbocycles.